The minimum Gasteiger partial charge on any atom is -0.422 e. The number of cyclic esters (lactones) is 2. The van der Waals surface area contributed by atoms with Crippen molar-refractivity contribution in [2.24, 2.45) is 5.41 Å². The second-order valence-corrected chi connectivity index (χ2v) is 6.17. The van der Waals surface area contributed by atoms with Crippen LogP contribution < -0.4 is 5.32 Å². The van der Waals surface area contributed by atoms with E-state index >= 15 is 0 Å². The lowest BCUT2D eigenvalue weighted by Crippen LogP contribution is -2.51. The van der Waals surface area contributed by atoms with Crippen LogP contribution in [0.1, 0.15) is 25.8 Å². The molecule has 2 fully saturated rings. The molecule has 1 saturated heterocycles. The highest BCUT2D eigenvalue weighted by molar-refractivity contribution is 6.22. The van der Waals surface area contributed by atoms with Gasteiger partial charge in [0.25, 0.3) is 5.79 Å². The predicted octanol–water partition coefficient (Wildman–Crippen LogP) is 1.10. The molecule has 2 heterocycles. The molecule has 1 aromatic rings. The van der Waals surface area contributed by atoms with Gasteiger partial charge in [-0.25, -0.2) is 0 Å². The minimum absolute atomic E-state index is 0.0938. The summed E-state index contributed by atoms with van der Waals surface area (Å²) in [6, 6.07) is 7.06. The summed E-state index contributed by atoms with van der Waals surface area (Å²) in [5.41, 5.74) is -1.44. The molecule has 1 amide bonds. The third kappa shape index (κ3) is 1.21. The van der Waals surface area contributed by atoms with Gasteiger partial charge in [0.1, 0.15) is 5.41 Å². The topological polar surface area (TPSA) is 81.7 Å². The van der Waals surface area contributed by atoms with Gasteiger partial charge in [0, 0.05) is 19.5 Å². The van der Waals surface area contributed by atoms with Gasteiger partial charge in [-0.05, 0) is 18.1 Å². The Kier molecular flexibility index (Phi) is 1.93. The lowest BCUT2D eigenvalue weighted by molar-refractivity contribution is -0.244. The van der Waals surface area contributed by atoms with Gasteiger partial charge in [0.15, 0.2) is 5.41 Å². The maximum absolute atomic E-state index is 12.4. The molecule has 1 aromatic carbocycles. The number of amides is 1. The SMILES string of the molecule is CC1(C)OC(=O)C2(CC23C(=O)Nc2ccccc23)C(=O)O1. The first-order chi connectivity index (χ1) is 9.83. The Bertz CT molecular complexity index is 703. The van der Waals surface area contributed by atoms with Crippen molar-refractivity contribution in [2.75, 3.05) is 5.32 Å². The van der Waals surface area contributed by atoms with Crippen LogP contribution in [0.15, 0.2) is 24.3 Å². The number of esters is 2. The molecule has 2 aliphatic heterocycles. The fourth-order valence-corrected chi connectivity index (χ4v) is 3.49. The lowest BCUT2D eigenvalue weighted by atomic mass is 9.86. The number of hydrogen-bond acceptors (Lipinski definition) is 5. The van der Waals surface area contributed by atoms with Crippen LogP contribution in [0, 0.1) is 5.41 Å². The van der Waals surface area contributed by atoms with Gasteiger partial charge < -0.3 is 14.8 Å². The van der Waals surface area contributed by atoms with E-state index in [1.807, 2.05) is 0 Å². The largest absolute Gasteiger partial charge is 0.422 e. The summed E-state index contributed by atoms with van der Waals surface area (Å²) in [7, 11) is 0. The van der Waals surface area contributed by atoms with E-state index in [4.69, 9.17) is 9.47 Å². The third-order valence-electron chi connectivity index (χ3n) is 4.53. The highest BCUT2D eigenvalue weighted by atomic mass is 16.7. The van der Waals surface area contributed by atoms with E-state index in [1.54, 1.807) is 24.3 Å². The Morgan fingerprint density at radius 3 is 2.29 bits per heavy atom. The number of ether oxygens (including phenoxy) is 2. The van der Waals surface area contributed by atoms with Crippen LogP contribution >= 0.6 is 0 Å². The Labute approximate surface area is 120 Å². The number of benzene rings is 1. The molecule has 108 valence electrons. The summed E-state index contributed by atoms with van der Waals surface area (Å²) in [6.07, 6.45) is 0.0938. The molecule has 21 heavy (non-hydrogen) atoms. The first-order valence-electron chi connectivity index (χ1n) is 6.71. The molecule has 1 saturated carbocycles. The van der Waals surface area contributed by atoms with Gasteiger partial charge in [-0.1, -0.05) is 18.2 Å². The van der Waals surface area contributed by atoms with E-state index < -0.39 is 28.6 Å². The van der Waals surface area contributed by atoms with E-state index in [0.29, 0.717) is 11.3 Å². The van der Waals surface area contributed by atoms with Crippen molar-refractivity contribution < 1.29 is 23.9 Å². The maximum atomic E-state index is 12.4. The van der Waals surface area contributed by atoms with Crippen molar-refractivity contribution in [1.82, 2.24) is 0 Å². The summed E-state index contributed by atoms with van der Waals surface area (Å²) in [5, 5.41) is 2.73. The zero-order valence-corrected chi connectivity index (χ0v) is 11.6. The molecule has 6 heteroatoms. The van der Waals surface area contributed by atoms with Crippen LogP contribution in [0.4, 0.5) is 5.69 Å². The van der Waals surface area contributed by atoms with Crippen molar-refractivity contribution in [2.45, 2.75) is 31.5 Å². The first kappa shape index (κ1) is 12.4. The number of rotatable bonds is 0. The van der Waals surface area contributed by atoms with Crippen molar-refractivity contribution in [1.29, 1.82) is 0 Å². The second-order valence-electron chi connectivity index (χ2n) is 6.17. The van der Waals surface area contributed by atoms with Gasteiger partial charge in [0.05, 0.1) is 0 Å². The number of carbonyl (C=O) groups is 3. The van der Waals surface area contributed by atoms with Gasteiger partial charge in [-0.15, -0.1) is 0 Å². The lowest BCUT2D eigenvalue weighted by Gasteiger charge is -2.34. The average Bonchev–Trinajstić information content (AvgIpc) is 3.01. The number of nitrogens with one attached hydrogen (secondary N) is 1. The Morgan fingerprint density at radius 2 is 1.62 bits per heavy atom. The Hall–Kier alpha value is -2.37. The van der Waals surface area contributed by atoms with E-state index in [9.17, 15) is 14.4 Å². The molecule has 1 atom stereocenters. The first-order valence-corrected chi connectivity index (χ1v) is 6.71. The summed E-state index contributed by atoms with van der Waals surface area (Å²) >= 11 is 0. The molecule has 2 spiro atoms. The Morgan fingerprint density at radius 1 is 1.00 bits per heavy atom. The van der Waals surface area contributed by atoms with Crippen LogP contribution in [0.25, 0.3) is 0 Å². The predicted molar refractivity (Wildman–Crippen MR) is 70.1 cm³/mol. The molecule has 1 N–H and O–H groups in total. The molecule has 1 aliphatic carbocycles. The number of anilines is 1. The number of para-hydroxylation sites is 1. The summed E-state index contributed by atoms with van der Waals surface area (Å²) < 4.78 is 10.4. The van der Waals surface area contributed by atoms with E-state index in [2.05, 4.69) is 5.32 Å². The molecule has 0 aromatic heterocycles. The third-order valence-corrected chi connectivity index (χ3v) is 4.53. The molecule has 0 bridgehead atoms. The van der Waals surface area contributed by atoms with Gasteiger partial charge in [-0.2, -0.15) is 0 Å². The van der Waals surface area contributed by atoms with Crippen LogP contribution in [0.5, 0.6) is 0 Å². The summed E-state index contributed by atoms with van der Waals surface area (Å²) in [6.45, 7) is 2.99. The summed E-state index contributed by atoms with van der Waals surface area (Å²) in [4.78, 5) is 37.3. The fourth-order valence-electron chi connectivity index (χ4n) is 3.49. The number of fused-ring (bicyclic) bond motifs is 3. The van der Waals surface area contributed by atoms with E-state index in [1.165, 1.54) is 13.8 Å². The molecule has 0 radical (unpaired) electrons. The quantitative estimate of drug-likeness (QED) is 0.571. The number of hydrogen-bond donors (Lipinski definition) is 1. The van der Waals surface area contributed by atoms with Crippen LogP contribution in [0.3, 0.4) is 0 Å². The molecular weight excluding hydrogens is 274 g/mol. The van der Waals surface area contributed by atoms with E-state index in [-0.39, 0.29) is 12.3 Å². The smallest absolute Gasteiger partial charge is 0.328 e. The number of carbonyl (C=O) groups excluding carboxylic acids is 3. The maximum Gasteiger partial charge on any atom is 0.328 e. The van der Waals surface area contributed by atoms with Crippen LogP contribution in [-0.2, 0) is 29.3 Å². The fraction of sp³-hybridized carbons (Fsp3) is 0.400. The average molecular weight is 287 g/mol. The highest BCUT2D eigenvalue weighted by Gasteiger charge is 2.86. The normalized spacial score (nSPS) is 30.7. The standard InChI is InChI=1S/C15H13NO5/c1-13(2)20-11(18)15(12(19)21-13)7-14(15)8-5-3-4-6-9(8)16-10(14)17/h3-6H,7H2,1-2H3,(H,16,17). The van der Waals surface area contributed by atoms with Gasteiger partial charge in [-0.3, -0.25) is 14.4 Å². The van der Waals surface area contributed by atoms with E-state index in [0.717, 1.165) is 0 Å². The van der Waals surface area contributed by atoms with Gasteiger partial charge >= 0.3 is 11.9 Å². The van der Waals surface area contributed by atoms with Crippen LogP contribution in [0.2, 0.25) is 0 Å². The van der Waals surface area contributed by atoms with Crippen molar-refractivity contribution in [3.8, 4) is 0 Å². The van der Waals surface area contributed by atoms with Crippen molar-refractivity contribution >= 4 is 23.5 Å². The minimum atomic E-state index is -1.54. The second kappa shape index (κ2) is 3.27. The molecular formula is C15H13NO5. The highest BCUT2D eigenvalue weighted by Crippen LogP contribution is 2.70. The monoisotopic (exact) mass is 287 g/mol. The zero-order valence-electron chi connectivity index (χ0n) is 11.6. The van der Waals surface area contributed by atoms with Crippen LogP contribution in [-0.4, -0.2) is 23.6 Å². The Balaban J connectivity index is 1.86. The zero-order chi connectivity index (χ0) is 15.0. The summed E-state index contributed by atoms with van der Waals surface area (Å²) in [5.74, 6) is -3.01. The molecule has 1 unspecified atom stereocenters. The van der Waals surface area contributed by atoms with Gasteiger partial charge in [0.2, 0.25) is 5.91 Å². The van der Waals surface area contributed by atoms with Crippen molar-refractivity contribution in [3.05, 3.63) is 29.8 Å². The molecule has 3 aliphatic rings. The molecule has 4 rings (SSSR count). The molecule has 6 nitrogen and oxygen atoms in total. The van der Waals surface area contributed by atoms with Crippen molar-refractivity contribution in [3.63, 3.8) is 0 Å².